The van der Waals surface area contributed by atoms with Gasteiger partial charge in [-0.1, -0.05) is 101 Å². The Morgan fingerprint density at radius 3 is 1.82 bits per heavy atom. The van der Waals surface area contributed by atoms with Crippen molar-refractivity contribution in [3.05, 3.63) is 60.7 Å². The summed E-state index contributed by atoms with van der Waals surface area (Å²) < 4.78 is 13.6. The fraction of sp³-hybridized carbons (Fsp3) is 0.520. The number of hydrogen-bond acceptors (Lipinski definition) is 2. The summed E-state index contributed by atoms with van der Waals surface area (Å²) in [6, 6.07) is 21.3. The molecule has 0 fully saturated rings. The normalized spacial score (nSPS) is 13.0. The second-order valence-electron chi connectivity index (χ2n) is 8.16. The summed E-state index contributed by atoms with van der Waals surface area (Å²) in [5, 5.41) is 2.40. The molecule has 0 saturated heterocycles. The molecule has 0 heterocycles. The van der Waals surface area contributed by atoms with Crippen LogP contribution in [0.5, 0.6) is 0 Å². The lowest BCUT2D eigenvalue weighted by Crippen LogP contribution is -2.64. The molecular weight excluding hydrogens is 360 g/mol. The number of benzene rings is 2. The Morgan fingerprint density at radius 1 is 0.750 bits per heavy atom. The molecule has 1 atom stereocenters. The van der Waals surface area contributed by atoms with Gasteiger partial charge in [-0.15, -0.1) is 0 Å². The fourth-order valence-corrected chi connectivity index (χ4v) is 6.94. The van der Waals surface area contributed by atoms with E-state index in [1.165, 1.54) is 36.1 Å². The van der Waals surface area contributed by atoms with Gasteiger partial charge in [-0.25, -0.2) is 0 Å². The van der Waals surface area contributed by atoms with Crippen LogP contribution >= 0.6 is 0 Å². The molecule has 0 aromatic heterocycles. The quantitative estimate of drug-likeness (QED) is 0.319. The zero-order valence-corrected chi connectivity index (χ0v) is 19.2. The van der Waals surface area contributed by atoms with Crippen molar-refractivity contribution in [3.63, 3.8) is 0 Å². The van der Waals surface area contributed by atoms with Crippen LogP contribution in [0.1, 0.15) is 66.2 Å². The van der Waals surface area contributed by atoms with Gasteiger partial charge in [-0.2, -0.15) is 0 Å². The van der Waals surface area contributed by atoms with Crippen molar-refractivity contribution >= 4 is 18.9 Å². The van der Waals surface area contributed by atoms with Gasteiger partial charge in [0, 0.05) is 12.7 Å². The molecule has 0 radical (unpaired) electrons. The van der Waals surface area contributed by atoms with Crippen LogP contribution in [0.15, 0.2) is 60.7 Å². The number of unbranched alkanes of at least 4 members (excludes halogenated alkanes) is 2. The third kappa shape index (κ3) is 6.88. The third-order valence-corrected chi connectivity index (χ3v) is 8.65. The fourth-order valence-electron chi connectivity index (χ4n) is 3.55. The van der Waals surface area contributed by atoms with E-state index in [-0.39, 0.29) is 6.10 Å². The molecule has 0 aliphatic heterocycles. The van der Waals surface area contributed by atoms with Crippen molar-refractivity contribution in [2.45, 2.75) is 72.3 Å². The van der Waals surface area contributed by atoms with Gasteiger partial charge in [-0.05, 0) is 42.5 Å². The largest absolute Gasteiger partial charge is 0.407 e. The Bertz CT molecular complexity index is 603. The first-order chi connectivity index (χ1) is 13.6. The van der Waals surface area contributed by atoms with Crippen LogP contribution < -0.4 is 10.4 Å². The molecular formula is C25H38O2Si. The number of rotatable bonds is 13. The van der Waals surface area contributed by atoms with Crippen molar-refractivity contribution in [2.75, 3.05) is 6.61 Å². The SMILES string of the molecule is CCCCCC(C)O[Si](OCCCC(C)C)(c1ccccc1)c1ccccc1. The van der Waals surface area contributed by atoms with Gasteiger partial charge >= 0.3 is 8.56 Å². The summed E-state index contributed by atoms with van der Waals surface area (Å²) in [7, 11) is -2.74. The lowest BCUT2D eigenvalue weighted by molar-refractivity contribution is 0.131. The molecule has 28 heavy (non-hydrogen) atoms. The summed E-state index contributed by atoms with van der Waals surface area (Å²) in [4.78, 5) is 0. The average molecular weight is 399 g/mol. The van der Waals surface area contributed by atoms with E-state index in [1.54, 1.807) is 0 Å². The molecule has 2 nitrogen and oxygen atoms in total. The summed E-state index contributed by atoms with van der Waals surface area (Å²) in [5.74, 6) is 0.696. The standard InChI is InChI=1S/C25H38O2Si/c1-5-6-9-16-23(4)27-28(24-17-10-7-11-18-24,25-19-12-8-13-20-25)26-21-14-15-22(2)3/h7-8,10-13,17-20,22-23H,5-6,9,14-16,21H2,1-4H3. The minimum absolute atomic E-state index is 0.184. The maximum atomic E-state index is 6.88. The van der Waals surface area contributed by atoms with E-state index in [9.17, 15) is 0 Å². The van der Waals surface area contributed by atoms with E-state index >= 15 is 0 Å². The summed E-state index contributed by atoms with van der Waals surface area (Å²) in [6.45, 7) is 9.74. The van der Waals surface area contributed by atoms with Gasteiger partial charge in [0.05, 0.1) is 0 Å². The second-order valence-corrected chi connectivity index (χ2v) is 11.1. The first-order valence-corrected chi connectivity index (χ1v) is 12.8. The van der Waals surface area contributed by atoms with Crippen molar-refractivity contribution in [1.29, 1.82) is 0 Å². The van der Waals surface area contributed by atoms with E-state index < -0.39 is 8.56 Å². The molecule has 154 valence electrons. The van der Waals surface area contributed by atoms with E-state index in [2.05, 4.69) is 88.4 Å². The summed E-state index contributed by atoms with van der Waals surface area (Å²) >= 11 is 0. The van der Waals surface area contributed by atoms with E-state index in [4.69, 9.17) is 8.85 Å². The molecule has 0 spiro atoms. The molecule has 2 aromatic carbocycles. The minimum atomic E-state index is -2.74. The summed E-state index contributed by atoms with van der Waals surface area (Å²) in [5.41, 5.74) is 0. The average Bonchev–Trinajstić information content (AvgIpc) is 2.71. The Kier molecular flexibility index (Phi) is 9.97. The van der Waals surface area contributed by atoms with Gasteiger partial charge in [0.2, 0.25) is 0 Å². The Balaban J connectivity index is 2.31. The topological polar surface area (TPSA) is 18.5 Å². The molecule has 3 heteroatoms. The molecule has 0 aliphatic rings. The maximum absolute atomic E-state index is 6.88. The Labute approximate surface area is 173 Å². The zero-order chi connectivity index (χ0) is 20.2. The maximum Gasteiger partial charge on any atom is 0.407 e. The highest BCUT2D eigenvalue weighted by Gasteiger charge is 2.43. The zero-order valence-electron chi connectivity index (χ0n) is 18.2. The molecule has 0 N–H and O–H groups in total. The molecule has 0 bridgehead atoms. The van der Waals surface area contributed by atoms with Gasteiger partial charge in [0.1, 0.15) is 0 Å². The molecule has 2 rings (SSSR count). The van der Waals surface area contributed by atoms with E-state index in [0.717, 1.165) is 19.4 Å². The van der Waals surface area contributed by atoms with Crippen molar-refractivity contribution < 1.29 is 8.85 Å². The monoisotopic (exact) mass is 398 g/mol. The van der Waals surface area contributed by atoms with E-state index in [1.807, 2.05) is 0 Å². The predicted molar refractivity (Wildman–Crippen MR) is 123 cm³/mol. The van der Waals surface area contributed by atoms with Crippen LogP contribution in [0.4, 0.5) is 0 Å². The first kappa shape index (κ1) is 22.9. The molecule has 0 amide bonds. The molecule has 0 saturated carbocycles. The first-order valence-electron chi connectivity index (χ1n) is 11.0. The molecule has 0 aliphatic carbocycles. The minimum Gasteiger partial charge on any atom is -0.388 e. The van der Waals surface area contributed by atoms with Gasteiger partial charge in [0.15, 0.2) is 0 Å². The highest BCUT2D eigenvalue weighted by Crippen LogP contribution is 2.17. The Hall–Kier alpha value is -1.42. The van der Waals surface area contributed by atoms with Crippen LogP contribution in [-0.4, -0.2) is 21.3 Å². The highest BCUT2D eigenvalue weighted by molar-refractivity contribution is 6.92. The smallest absolute Gasteiger partial charge is 0.388 e. The lowest BCUT2D eigenvalue weighted by atomic mass is 10.1. The van der Waals surface area contributed by atoms with Crippen molar-refractivity contribution in [2.24, 2.45) is 5.92 Å². The second kappa shape index (κ2) is 12.2. The third-order valence-electron chi connectivity index (χ3n) is 5.12. The predicted octanol–water partition coefficient (Wildman–Crippen LogP) is 5.68. The van der Waals surface area contributed by atoms with Crippen LogP contribution in [0.3, 0.4) is 0 Å². The van der Waals surface area contributed by atoms with Gasteiger partial charge < -0.3 is 8.85 Å². The van der Waals surface area contributed by atoms with Crippen LogP contribution in [0, 0.1) is 5.92 Å². The van der Waals surface area contributed by atoms with Crippen molar-refractivity contribution in [1.82, 2.24) is 0 Å². The van der Waals surface area contributed by atoms with Gasteiger partial charge in [0.25, 0.3) is 0 Å². The van der Waals surface area contributed by atoms with Crippen LogP contribution in [0.25, 0.3) is 0 Å². The van der Waals surface area contributed by atoms with Gasteiger partial charge in [-0.3, -0.25) is 0 Å². The number of hydrogen-bond donors (Lipinski definition) is 0. The van der Waals surface area contributed by atoms with Crippen molar-refractivity contribution in [3.8, 4) is 0 Å². The van der Waals surface area contributed by atoms with Crippen LogP contribution in [0.2, 0.25) is 0 Å². The lowest BCUT2D eigenvalue weighted by Gasteiger charge is -2.34. The van der Waals surface area contributed by atoms with E-state index in [0.29, 0.717) is 5.92 Å². The summed E-state index contributed by atoms with van der Waals surface area (Å²) in [6.07, 6.45) is 7.21. The highest BCUT2D eigenvalue weighted by atomic mass is 28.4. The molecule has 2 aromatic rings. The Morgan fingerprint density at radius 2 is 1.32 bits per heavy atom. The molecule has 1 unspecified atom stereocenters. The van der Waals surface area contributed by atoms with Crippen LogP contribution in [-0.2, 0) is 8.85 Å².